The summed E-state index contributed by atoms with van der Waals surface area (Å²) >= 11 is 0. The highest BCUT2D eigenvalue weighted by atomic mass is 16.5. The van der Waals surface area contributed by atoms with Gasteiger partial charge in [-0.25, -0.2) is 14.6 Å². The van der Waals surface area contributed by atoms with Gasteiger partial charge in [-0.05, 0) is 19.4 Å². The van der Waals surface area contributed by atoms with Gasteiger partial charge < -0.3 is 20.5 Å². The van der Waals surface area contributed by atoms with Crippen LogP contribution in [0.2, 0.25) is 0 Å². The Balaban J connectivity index is 2.24. The fourth-order valence-electron chi connectivity index (χ4n) is 2.55. The molecule has 1 aromatic carbocycles. The van der Waals surface area contributed by atoms with Crippen molar-refractivity contribution in [3.63, 3.8) is 0 Å². The summed E-state index contributed by atoms with van der Waals surface area (Å²) in [6.07, 6.45) is 0. The summed E-state index contributed by atoms with van der Waals surface area (Å²) in [5.74, 6) is -1.67. The van der Waals surface area contributed by atoms with Crippen LogP contribution in [0.25, 0.3) is 0 Å². The number of carbonyl (C=O) groups is 2. The Kier molecular flexibility index (Phi) is 5.84. The minimum Gasteiger partial charge on any atom is -0.501 e. The van der Waals surface area contributed by atoms with Crippen LogP contribution < -0.4 is 16.2 Å². The predicted octanol–water partition coefficient (Wildman–Crippen LogP) is 1.01. The van der Waals surface area contributed by atoms with Gasteiger partial charge in [-0.3, -0.25) is 9.36 Å². The van der Waals surface area contributed by atoms with Gasteiger partial charge in [-0.1, -0.05) is 30.3 Å². The van der Waals surface area contributed by atoms with Crippen LogP contribution in [-0.2, 0) is 23.9 Å². The van der Waals surface area contributed by atoms with Crippen molar-refractivity contribution >= 4 is 12.0 Å². The number of nitrogens with one attached hydrogen (secondary N) is 2. The van der Waals surface area contributed by atoms with E-state index < -0.39 is 34.5 Å². The highest BCUT2D eigenvalue weighted by Gasteiger charge is 2.31. The number of rotatable bonds is 5. The number of methoxy groups -OCH3 is 1. The first-order valence-electron chi connectivity index (χ1n) is 8.16. The molecule has 27 heavy (non-hydrogen) atoms. The smallest absolute Gasteiger partial charge is 0.360 e. The van der Waals surface area contributed by atoms with Gasteiger partial charge in [-0.2, -0.15) is 0 Å². The van der Waals surface area contributed by atoms with Crippen molar-refractivity contribution in [2.75, 3.05) is 7.11 Å². The van der Waals surface area contributed by atoms with Crippen LogP contribution in [0.1, 0.15) is 35.7 Å². The van der Waals surface area contributed by atoms with Crippen molar-refractivity contribution in [1.82, 2.24) is 20.2 Å². The molecule has 0 spiro atoms. The Bertz CT molecular complexity index is 906. The largest absolute Gasteiger partial charge is 0.501 e. The molecule has 2 aromatic rings. The van der Waals surface area contributed by atoms with Crippen molar-refractivity contribution in [3.05, 3.63) is 57.8 Å². The maximum absolute atomic E-state index is 12.3. The number of aromatic hydroxyl groups is 1. The molecule has 0 bridgehead atoms. The lowest BCUT2D eigenvalue weighted by Gasteiger charge is -2.27. The van der Waals surface area contributed by atoms with Crippen molar-refractivity contribution in [2.45, 2.75) is 25.9 Å². The molecule has 0 unspecified atom stereocenters. The average Bonchev–Trinajstić information content (AvgIpc) is 2.64. The molecule has 0 aliphatic rings. The summed E-state index contributed by atoms with van der Waals surface area (Å²) in [7, 11) is 2.50. The summed E-state index contributed by atoms with van der Waals surface area (Å²) in [4.78, 5) is 40.3. The minimum absolute atomic E-state index is 0.0839. The lowest BCUT2D eigenvalue weighted by molar-refractivity contribution is 0.0588. The van der Waals surface area contributed by atoms with Crippen molar-refractivity contribution in [3.8, 4) is 5.75 Å². The number of aromatic nitrogens is 2. The summed E-state index contributed by atoms with van der Waals surface area (Å²) in [5.41, 5.74) is -1.52. The molecule has 144 valence electrons. The predicted molar refractivity (Wildman–Crippen MR) is 97.3 cm³/mol. The summed E-state index contributed by atoms with van der Waals surface area (Å²) < 4.78 is 5.61. The molecule has 0 fully saturated rings. The second kappa shape index (κ2) is 7.90. The first-order valence-corrected chi connectivity index (χ1v) is 8.16. The Morgan fingerprint density at radius 2 is 1.89 bits per heavy atom. The molecule has 2 rings (SSSR count). The molecule has 2 amide bonds. The summed E-state index contributed by atoms with van der Waals surface area (Å²) in [6.45, 7) is 3.56. The zero-order valence-corrected chi connectivity index (χ0v) is 15.6. The first kappa shape index (κ1) is 20.0. The molecular weight excluding hydrogens is 352 g/mol. The molecule has 9 heteroatoms. The lowest BCUT2D eigenvalue weighted by Crippen LogP contribution is -2.49. The van der Waals surface area contributed by atoms with Gasteiger partial charge in [0.25, 0.3) is 5.56 Å². The van der Waals surface area contributed by atoms with E-state index in [0.717, 1.165) is 17.2 Å². The molecule has 0 aliphatic carbocycles. The Morgan fingerprint density at radius 1 is 1.26 bits per heavy atom. The Labute approximate surface area is 156 Å². The zero-order valence-electron chi connectivity index (χ0n) is 15.6. The van der Waals surface area contributed by atoms with Gasteiger partial charge in [0.15, 0.2) is 5.69 Å². The number of amides is 2. The number of ether oxygens (including phenoxy) is 1. The van der Waals surface area contributed by atoms with Crippen LogP contribution in [0, 0.1) is 0 Å². The molecule has 1 aromatic heterocycles. The minimum atomic E-state index is -1.12. The molecule has 1 heterocycles. The maximum atomic E-state index is 12.3. The second-order valence-corrected chi connectivity index (χ2v) is 6.41. The number of urea groups is 1. The average molecular weight is 374 g/mol. The van der Waals surface area contributed by atoms with Crippen LogP contribution in [-0.4, -0.2) is 33.8 Å². The van der Waals surface area contributed by atoms with E-state index in [0.29, 0.717) is 6.54 Å². The van der Waals surface area contributed by atoms with Crippen molar-refractivity contribution in [1.29, 1.82) is 0 Å². The monoisotopic (exact) mass is 374 g/mol. The topological polar surface area (TPSA) is 123 Å². The van der Waals surface area contributed by atoms with Crippen LogP contribution in [0.5, 0.6) is 5.75 Å². The fourth-order valence-corrected chi connectivity index (χ4v) is 2.55. The quantitative estimate of drug-likeness (QED) is 0.671. The standard InChI is InChI=1S/C18H22N4O5/c1-18(2,21-17(26)19-10-11-8-6-5-7-9-11)16-20-12(15(25)27-4)13(23)14(24)22(16)3/h5-9,23H,10H2,1-4H3,(H2,19,21,26). The van der Waals surface area contributed by atoms with Gasteiger partial charge in [0, 0.05) is 13.6 Å². The number of carbonyl (C=O) groups excluding carboxylic acids is 2. The molecular formula is C18H22N4O5. The highest BCUT2D eigenvalue weighted by Crippen LogP contribution is 2.20. The van der Waals surface area contributed by atoms with Gasteiger partial charge >= 0.3 is 12.0 Å². The first-order chi connectivity index (χ1) is 12.7. The van der Waals surface area contributed by atoms with E-state index in [1.165, 1.54) is 7.05 Å². The van der Waals surface area contributed by atoms with Crippen LogP contribution in [0.3, 0.4) is 0 Å². The van der Waals surface area contributed by atoms with Gasteiger partial charge in [0.1, 0.15) is 5.82 Å². The molecule has 9 nitrogen and oxygen atoms in total. The molecule has 0 atom stereocenters. The van der Waals surface area contributed by atoms with Crippen molar-refractivity contribution in [2.24, 2.45) is 7.05 Å². The SMILES string of the molecule is COC(=O)c1nc(C(C)(C)NC(=O)NCc2ccccc2)n(C)c(=O)c1O. The van der Waals surface area contributed by atoms with Crippen molar-refractivity contribution < 1.29 is 19.4 Å². The molecule has 0 saturated heterocycles. The maximum Gasteiger partial charge on any atom is 0.360 e. The van der Waals surface area contributed by atoms with Gasteiger partial charge in [0.05, 0.1) is 12.6 Å². The van der Waals surface area contributed by atoms with E-state index in [2.05, 4.69) is 20.4 Å². The zero-order chi connectivity index (χ0) is 20.2. The number of hydrogen-bond acceptors (Lipinski definition) is 6. The Hall–Kier alpha value is -3.36. The van der Waals surface area contributed by atoms with E-state index in [9.17, 15) is 19.5 Å². The third-order valence-electron chi connectivity index (χ3n) is 3.93. The normalized spacial score (nSPS) is 11.0. The van der Waals surface area contributed by atoms with E-state index in [4.69, 9.17) is 0 Å². The molecule has 0 radical (unpaired) electrons. The number of benzene rings is 1. The van der Waals surface area contributed by atoms with E-state index in [-0.39, 0.29) is 5.82 Å². The van der Waals surface area contributed by atoms with Crippen LogP contribution in [0.4, 0.5) is 4.79 Å². The van der Waals surface area contributed by atoms with E-state index >= 15 is 0 Å². The highest BCUT2D eigenvalue weighted by molar-refractivity contribution is 5.89. The summed E-state index contributed by atoms with van der Waals surface area (Å²) in [5, 5.41) is 15.3. The van der Waals surface area contributed by atoms with Crippen LogP contribution >= 0.6 is 0 Å². The van der Waals surface area contributed by atoms with Gasteiger partial charge in [-0.15, -0.1) is 0 Å². The number of nitrogens with zero attached hydrogens (tertiary/aromatic N) is 2. The third-order valence-corrected chi connectivity index (χ3v) is 3.93. The number of hydrogen-bond donors (Lipinski definition) is 3. The summed E-state index contributed by atoms with van der Waals surface area (Å²) in [6, 6.07) is 8.87. The fraction of sp³-hybridized carbons (Fsp3) is 0.333. The lowest BCUT2D eigenvalue weighted by atomic mass is 10.0. The Morgan fingerprint density at radius 3 is 2.48 bits per heavy atom. The second-order valence-electron chi connectivity index (χ2n) is 6.41. The molecule has 3 N–H and O–H groups in total. The van der Waals surface area contributed by atoms with Gasteiger partial charge in [0.2, 0.25) is 5.75 Å². The molecule has 0 aliphatic heterocycles. The van der Waals surface area contributed by atoms with E-state index in [1.807, 2.05) is 30.3 Å². The molecule has 0 saturated carbocycles. The third kappa shape index (κ3) is 4.43. The van der Waals surface area contributed by atoms with Crippen LogP contribution in [0.15, 0.2) is 35.1 Å². The number of esters is 1. The van der Waals surface area contributed by atoms with E-state index in [1.54, 1.807) is 13.8 Å².